The van der Waals surface area contributed by atoms with Crippen LogP contribution in [0, 0.1) is 0 Å². The summed E-state index contributed by atoms with van der Waals surface area (Å²) in [6.45, 7) is 4.27. The molecule has 1 aliphatic rings. The Labute approximate surface area is 103 Å². The molecule has 2 heteroatoms. The molecule has 0 unspecified atom stereocenters. The Kier molecular flexibility index (Phi) is 2.52. The van der Waals surface area contributed by atoms with Crippen molar-refractivity contribution >= 4 is 17.8 Å². The van der Waals surface area contributed by atoms with Crippen LogP contribution in [0.1, 0.15) is 13.8 Å². The van der Waals surface area contributed by atoms with Crippen molar-refractivity contribution in [3.63, 3.8) is 0 Å². The largest absolute Gasteiger partial charge is 0.425 e. The molecule has 0 aromatic heterocycles. The van der Waals surface area contributed by atoms with E-state index in [4.69, 9.17) is 4.65 Å². The highest BCUT2D eigenvalue weighted by Gasteiger charge is 2.33. The third kappa shape index (κ3) is 1.69. The van der Waals surface area contributed by atoms with Gasteiger partial charge in [0.05, 0.1) is 0 Å². The SMILES string of the molecule is CC(C)OB1c2ccccc2-c2ccccc21. The van der Waals surface area contributed by atoms with Gasteiger partial charge in [-0.15, -0.1) is 0 Å². The summed E-state index contributed by atoms with van der Waals surface area (Å²) < 4.78 is 6.06. The Morgan fingerprint density at radius 1 is 0.824 bits per heavy atom. The van der Waals surface area contributed by atoms with Crippen molar-refractivity contribution in [1.82, 2.24) is 0 Å². The zero-order valence-corrected chi connectivity index (χ0v) is 10.2. The fourth-order valence-corrected chi connectivity index (χ4v) is 2.53. The summed E-state index contributed by atoms with van der Waals surface area (Å²) in [6.07, 6.45) is 0.235. The average molecular weight is 222 g/mol. The molecule has 3 rings (SSSR count). The molecule has 1 aliphatic heterocycles. The van der Waals surface area contributed by atoms with E-state index in [1.165, 1.54) is 22.1 Å². The van der Waals surface area contributed by atoms with Crippen LogP contribution in [0.5, 0.6) is 0 Å². The van der Waals surface area contributed by atoms with Crippen molar-refractivity contribution in [3.8, 4) is 11.1 Å². The standard InChI is InChI=1S/C15H15BO/c1-11(2)17-16-14-9-5-3-7-12(14)13-8-4-6-10-15(13)16/h3-11H,1-2H3. The van der Waals surface area contributed by atoms with Crippen molar-refractivity contribution in [2.75, 3.05) is 0 Å². The van der Waals surface area contributed by atoms with Gasteiger partial charge < -0.3 is 4.65 Å². The maximum atomic E-state index is 6.06. The maximum Gasteiger partial charge on any atom is 0.363 e. The zero-order chi connectivity index (χ0) is 11.8. The van der Waals surface area contributed by atoms with E-state index in [0.717, 1.165) is 0 Å². The molecule has 84 valence electrons. The van der Waals surface area contributed by atoms with Crippen LogP contribution < -0.4 is 10.9 Å². The minimum absolute atomic E-state index is 0.0994. The Balaban J connectivity index is 2.17. The molecule has 0 saturated heterocycles. The van der Waals surface area contributed by atoms with Gasteiger partial charge in [0.1, 0.15) is 0 Å². The summed E-state index contributed by atoms with van der Waals surface area (Å²) in [7, 11) is 0. The van der Waals surface area contributed by atoms with E-state index in [9.17, 15) is 0 Å². The first-order valence-corrected chi connectivity index (χ1v) is 6.11. The first-order valence-electron chi connectivity index (χ1n) is 6.11. The molecule has 0 amide bonds. The highest BCUT2D eigenvalue weighted by Crippen LogP contribution is 2.23. The Bertz CT molecular complexity index is 503. The summed E-state index contributed by atoms with van der Waals surface area (Å²) >= 11 is 0. The predicted octanol–water partition coefficient (Wildman–Crippen LogP) is 2.20. The predicted molar refractivity (Wildman–Crippen MR) is 73.1 cm³/mol. The molecular formula is C15H15BO. The second kappa shape index (κ2) is 4.04. The number of hydrogen-bond donors (Lipinski definition) is 0. The maximum absolute atomic E-state index is 6.06. The average Bonchev–Trinajstić information content (AvgIpc) is 2.65. The van der Waals surface area contributed by atoms with Gasteiger partial charge in [-0.05, 0) is 35.9 Å². The lowest BCUT2D eigenvalue weighted by Gasteiger charge is -2.14. The lowest BCUT2D eigenvalue weighted by molar-refractivity contribution is 0.253. The Morgan fingerprint density at radius 2 is 1.29 bits per heavy atom. The van der Waals surface area contributed by atoms with E-state index in [2.05, 4.69) is 62.4 Å². The van der Waals surface area contributed by atoms with E-state index in [1.54, 1.807) is 0 Å². The number of benzene rings is 2. The molecule has 2 aromatic rings. The molecule has 0 fully saturated rings. The van der Waals surface area contributed by atoms with Crippen molar-refractivity contribution in [1.29, 1.82) is 0 Å². The molecule has 1 nitrogen and oxygen atoms in total. The first-order chi connectivity index (χ1) is 8.27. The van der Waals surface area contributed by atoms with Gasteiger partial charge in [0.25, 0.3) is 0 Å². The fourth-order valence-electron chi connectivity index (χ4n) is 2.53. The number of hydrogen-bond acceptors (Lipinski definition) is 1. The van der Waals surface area contributed by atoms with Gasteiger partial charge in [-0.1, -0.05) is 48.5 Å². The molecule has 0 spiro atoms. The summed E-state index contributed by atoms with van der Waals surface area (Å²) in [5, 5.41) is 0. The third-order valence-electron chi connectivity index (χ3n) is 3.18. The van der Waals surface area contributed by atoms with Crippen LogP contribution in [0.3, 0.4) is 0 Å². The van der Waals surface area contributed by atoms with Crippen LogP contribution in [-0.4, -0.2) is 13.0 Å². The van der Waals surface area contributed by atoms with Gasteiger partial charge >= 0.3 is 6.92 Å². The van der Waals surface area contributed by atoms with Gasteiger partial charge in [0.15, 0.2) is 0 Å². The molecule has 17 heavy (non-hydrogen) atoms. The quantitative estimate of drug-likeness (QED) is 0.708. The van der Waals surface area contributed by atoms with E-state index >= 15 is 0 Å². The molecule has 0 saturated carbocycles. The van der Waals surface area contributed by atoms with Crippen molar-refractivity contribution in [2.24, 2.45) is 0 Å². The zero-order valence-electron chi connectivity index (χ0n) is 10.2. The second-order valence-corrected chi connectivity index (χ2v) is 4.74. The van der Waals surface area contributed by atoms with E-state index in [-0.39, 0.29) is 13.0 Å². The van der Waals surface area contributed by atoms with Crippen LogP contribution in [0.25, 0.3) is 11.1 Å². The Morgan fingerprint density at radius 3 is 1.76 bits per heavy atom. The summed E-state index contributed by atoms with van der Waals surface area (Å²) in [6, 6.07) is 17.0. The van der Waals surface area contributed by atoms with Gasteiger partial charge in [-0.3, -0.25) is 0 Å². The second-order valence-electron chi connectivity index (χ2n) is 4.74. The van der Waals surface area contributed by atoms with Crippen molar-refractivity contribution in [2.45, 2.75) is 20.0 Å². The summed E-state index contributed by atoms with van der Waals surface area (Å²) in [5.41, 5.74) is 5.22. The highest BCUT2D eigenvalue weighted by atomic mass is 16.4. The van der Waals surface area contributed by atoms with Crippen LogP contribution in [0.15, 0.2) is 48.5 Å². The third-order valence-corrected chi connectivity index (χ3v) is 3.18. The lowest BCUT2D eigenvalue weighted by Crippen LogP contribution is -2.42. The monoisotopic (exact) mass is 222 g/mol. The van der Waals surface area contributed by atoms with Gasteiger partial charge in [-0.2, -0.15) is 0 Å². The smallest absolute Gasteiger partial charge is 0.363 e. The minimum atomic E-state index is 0.0994. The molecule has 0 atom stereocenters. The molecule has 0 radical (unpaired) electrons. The Hall–Kier alpha value is -1.54. The summed E-state index contributed by atoms with van der Waals surface area (Å²) in [4.78, 5) is 0. The number of rotatable bonds is 2. The van der Waals surface area contributed by atoms with Crippen molar-refractivity contribution < 1.29 is 4.65 Å². The van der Waals surface area contributed by atoms with Crippen LogP contribution in [0.4, 0.5) is 0 Å². The van der Waals surface area contributed by atoms with Crippen molar-refractivity contribution in [3.05, 3.63) is 48.5 Å². The molecular weight excluding hydrogens is 207 g/mol. The van der Waals surface area contributed by atoms with Gasteiger partial charge in [0.2, 0.25) is 0 Å². The highest BCUT2D eigenvalue weighted by molar-refractivity contribution is 6.84. The van der Waals surface area contributed by atoms with Gasteiger partial charge in [0, 0.05) is 6.10 Å². The first kappa shape index (κ1) is 10.6. The summed E-state index contributed by atoms with van der Waals surface area (Å²) in [5.74, 6) is 0. The molecule has 1 heterocycles. The van der Waals surface area contributed by atoms with E-state index in [0.29, 0.717) is 0 Å². The minimum Gasteiger partial charge on any atom is -0.425 e. The van der Waals surface area contributed by atoms with Crippen LogP contribution in [-0.2, 0) is 4.65 Å². The van der Waals surface area contributed by atoms with Gasteiger partial charge in [-0.25, -0.2) is 0 Å². The number of fused-ring (bicyclic) bond motifs is 3. The van der Waals surface area contributed by atoms with Crippen LogP contribution >= 0.6 is 0 Å². The van der Waals surface area contributed by atoms with E-state index < -0.39 is 0 Å². The van der Waals surface area contributed by atoms with E-state index in [1.807, 2.05) is 0 Å². The molecule has 0 N–H and O–H groups in total. The lowest BCUT2D eigenvalue weighted by atomic mass is 9.58. The molecule has 0 bridgehead atoms. The molecule has 2 aromatic carbocycles. The topological polar surface area (TPSA) is 9.23 Å². The fraction of sp³-hybridized carbons (Fsp3) is 0.200. The normalized spacial score (nSPS) is 12.8. The van der Waals surface area contributed by atoms with Crippen LogP contribution in [0.2, 0.25) is 0 Å². The molecule has 0 aliphatic carbocycles.